The van der Waals surface area contributed by atoms with E-state index < -0.39 is 10.8 Å². The van der Waals surface area contributed by atoms with Crippen molar-refractivity contribution in [2.75, 3.05) is 6.61 Å². The molecule has 0 saturated heterocycles. The largest absolute Gasteiger partial charge is 0.484 e. The number of carbonyl (C=O) groups is 1. The number of hydrazone groups is 1. The Morgan fingerprint density at radius 2 is 2.00 bits per heavy atom. The maximum Gasteiger partial charge on any atom is 0.277 e. The lowest BCUT2D eigenvalue weighted by Gasteiger charge is -2.06. The maximum absolute atomic E-state index is 11.7. The van der Waals surface area contributed by atoms with Crippen LogP contribution in [0, 0.1) is 10.1 Å². The number of benzene rings is 2. The Morgan fingerprint density at radius 1 is 1.29 bits per heavy atom. The molecular formula is C16H14BrN3O4. The summed E-state index contributed by atoms with van der Waals surface area (Å²) in [6.45, 7) is 1.52. The lowest BCUT2D eigenvalue weighted by molar-refractivity contribution is -0.384. The van der Waals surface area contributed by atoms with E-state index >= 15 is 0 Å². The van der Waals surface area contributed by atoms with Crippen LogP contribution in [0.25, 0.3) is 0 Å². The first-order valence-corrected chi connectivity index (χ1v) is 7.71. The Balaban J connectivity index is 1.89. The second-order valence-electron chi connectivity index (χ2n) is 4.78. The fraction of sp³-hybridized carbons (Fsp3) is 0.125. The van der Waals surface area contributed by atoms with Crippen LogP contribution in [0.5, 0.6) is 5.75 Å². The molecule has 0 bridgehead atoms. The molecule has 1 amide bonds. The Labute approximate surface area is 146 Å². The first-order valence-electron chi connectivity index (χ1n) is 6.92. The molecule has 0 fully saturated rings. The van der Waals surface area contributed by atoms with Crippen LogP contribution in [0.3, 0.4) is 0 Å². The highest BCUT2D eigenvalue weighted by molar-refractivity contribution is 9.10. The van der Waals surface area contributed by atoms with E-state index in [9.17, 15) is 14.9 Å². The van der Waals surface area contributed by atoms with Crippen LogP contribution in [0.4, 0.5) is 5.69 Å². The monoisotopic (exact) mass is 391 g/mol. The van der Waals surface area contributed by atoms with Crippen LogP contribution in [0.15, 0.2) is 58.1 Å². The van der Waals surface area contributed by atoms with Gasteiger partial charge in [-0.25, -0.2) is 5.43 Å². The molecule has 0 heterocycles. The van der Waals surface area contributed by atoms with Crippen molar-refractivity contribution < 1.29 is 14.5 Å². The molecular weight excluding hydrogens is 378 g/mol. The maximum atomic E-state index is 11.7. The highest BCUT2D eigenvalue weighted by Crippen LogP contribution is 2.17. The number of non-ortho nitro benzene ring substituents is 1. The number of halogens is 1. The Kier molecular flexibility index (Phi) is 6.02. The van der Waals surface area contributed by atoms with Gasteiger partial charge in [-0.2, -0.15) is 5.10 Å². The summed E-state index contributed by atoms with van der Waals surface area (Å²) in [6.07, 6.45) is 0. The number of carbonyl (C=O) groups excluding carboxylic acids is 1. The van der Waals surface area contributed by atoms with Crippen molar-refractivity contribution in [1.29, 1.82) is 0 Å². The van der Waals surface area contributed by atoms with E-state index in [-0.39, 0.29) is 12.3 Å². The number of hydrogen-bond acceptors (Lipinski definition) is 5. The SMILES string of the molecule is C/C(=N\NC(=O)COc1cccc(Br)c1)c1ccc([N+](=O)[O-])cc1. The van der Waals surface area contributed by atoms with Crippen molar-refractivity contribution in [3.05, 3.63) is 68.7 Å². The molecule has 0 atom stereocenters. The van der Waals surface area contributed by atoms with Crippen molar-refractivity contribution >= 4 is 33.2 Å². The Hall–Kier alpha value is -2.74. The van der Waals surface area contributed by atoms with Gasteiger partial charge in [0.2, 0.25) is 0 Å². The third-order valence-electron chi connectivity index (χ3n) is 3.01. The lowest BCUT2D eigenvalue weighted by Crippen LogP contribution is -2.25. The van der Waals surface area contributed by atoms with Crippen LogP contribution in [-0.2, 0) is 4.79 Å². The summed E-state index contributed by atoms with van der Waals surface area (Å²) in [5.74, 6) is 0.159. The second kappa shape index (κ2) is 8.21. The number of ether oxygens (including phenoxy) is 1. The Morgan fingerprint density at radius 3 is 2.62 bits per heavy atom. The fourth-order valence-electron chi connectivity index (χ4n) is 1.77. The number of hydrogen-bond donors (Lipinski definition) is 1. The van der Waals surface area contributed by atoms with Crippen molar-refractivity contribution in [2.45, 2.75) is 6.92 Å². The quantitative estimate of drug-likeness (QED) is 0.464. The number of nitro benzene ring substituents is 1. The van der Waals surface area contributed by atoms with E-state index in [1.165, 1.54) is 12.1 Å². The minimum atomic E-state index is -0.475. The molecule has 7 nitrogen and oxygen atoms in total. The van der Waals surface area contributed by atoms with Gasteiger partial charge >= 0.3 is 0 Å². The first kappa shape index (κ1) is 17.6. The van der Waals surface area contributed by atoms with Gasteiger partial charge in [-0.05, 0) is 42.8 Å². The van der Waals surface area contributed by atoms with Gasteiger partial charge in [-0.3, -0.25) is 14.9 Å². The summed E-state index contributed by atoms with van der Waals surface area (Å²) in [6, 6.07) is 13.0. The molecule has 1 N–H and O–H groups in total. The molecule has 0 saturated carbocycles. The molecule has 0 aliphatic heterocycles. The molecule has 2 aromatic rings. The number of rotatable bonds is 6. The van der Waals surface area contributed by atoms with E-state index in [0.717, 1.165) is 4.47 Å². The van der Waals surface area contributed by atoms with E-state index in [1.54, 1.807) is 37.3 Å². The zero-order valence-corrected chi connectivity index (χ0v) is 14.3. The predicted molar refractivity (Wildman–Crippen MR) is 93.1 cm³/mol. The van der Waals surface area contributed by atoms with Crippen molar-refractivity contribution in [1.82, 2.24) is 5.43 Å². The van der Waals surface area contributed by atoms with Gasteiger partial charge in [0.25, 0.3) is 11.6 Å². The number of nitrogens with one attached hydrogen (secondary N) is 1. The highest BCUT2D eigenvalue weighted by Gasteiger charge is 2.06. The van der Waals surface area contributed by atoms with Crippen molar-refractivity contribution in [2.24, 2.45) is 5.10 Å². The first-order chi connectivity index (χ1) is 11.5. The minimum absolute atomic E-state index is 0.00184. The van der Waals surface area contributed by atoms with Crippen molar-refractivity contribution in [3.63, 3.8) is 0 Å². The molecule has 24 heavy (non-hydrogen) atoms. The molecule has 0 aliphatic rings. The molecule has 8 heteroatoms. The summed E-state index contributed by atoms with van der Waals surface area (Å²) in [5, 5.41) is 14.6. The van der Waals surface area contributed by atoms with E-state index in [0.29, 0.717) is 17.0 Å². The third-order valence-corrected chi connectivity index (χ3v) is 3.50. The molecule has 2 rings (SSSR count). The fourth-order valence-corrected chi connectivity index (χ4v) is 2.15. The molecule has 0 aliphatic carbocycles. The molecule has 0 aromatic heterocycles. The topological polar surface area (TPSA) is 93.8 Å². The summed E-state index contributed by atoms with van der Waals surface area (Å²) >= 11 is 3.31. The van der Waals surface area contributed by atoms with Crippen LogP contribution in [-0.4, -0.2) is 23.1 Å². The van der Waals surface area contributed by atoms with Crippen molar-refractivity contribution in [3.8, 4) is 5.75 Å². The zero-order valence-electron chi connectivity index (χ0n) is 12.7. The summed E-state index contributed by atoms with van der Waals surface area (Å²) in [4.78, 5) is 21.9. The molecule has 124 valence electrons. The van der Waals surface area contributed by atoms with Crippen LogP contribution in [0.2, 0.25) is 0 Å². The molecule has 0 radical (unpaired) electrons. The average Bonchev–Trinajstić information content (AvgIpc) is 2.58. The smallest absolute Gasteiger partial charge is 0.277 e. The average molecular weight is 392 g/mol. The lowest BCUT2D eigenvalue weighted by atomic mass is 10.1. The van der Waals surface area contributed by atoms with Gasteiger partial charge in [0.1, 0.15) is 5.75 Å². The number of amides is 1. The second-order valence-corrected chi connectivity index (χ2v) is 5.70. The van der Waals surface area contributed by atoms with Crippen LogP contribution in [0.1, 0.15) is 12.5 Å². The van der Waals surface area contributed by atoms with Gasteiger partial charge < -0.3 is 4.74 Å². The van der Waals surface area contributed by atoms with E-state index in [2.05, 4.69) is 26.5 Å². The standard InChI is InChI=1S/C16H14BrN3O4/c1-11(12-5-7-14(8-6-12)20(22)23)18-19-16(21)10-24-15-4-2-3-13(17)9-15/h2-9H,10H2,1H3,(H,19,21)/b18-11+. The molecule has 2 aromatic carbocycles. The van der Waals surface area contributed by atoms with Crippen LogP contribution >= 0.6 is 15.9 Å². The summed E-state index contributed by atoms with van der Waals surface area (Å²) in [7, 11) is 0. The van der Waals surface area contributed by atoms with Crippen LogP contribution < -0.4 is 10.2 Å². The highest BCUT2D eigenvalue weighted by atomic mass is 79.9. The molecule has 0 unspecified atom stereocenters. The van der Waals surface area contributed by atoms with E-state index in [1.807, 2.05) is 6.07 Å². The normalized spacial score (nSPS) is 11.0. The third kappa shape index (κ3) is 5.17. The number of nitro groups is 1. The van der Waals surface area contributed by atoms with E-state index in [4.69, 9.17) is 4.74 Å². The summed E-state index contributed by atoms with van der Waals surface area (Å²) < 4.78 is 6.20. The van der Waals surface area contributed by atoms with Gasteiger partial charge in [0.15, 0.2) is 6.61 Å². The van der Waals surface area contributed by atoms with Gasteiger partial charge in [0, 0.05) is 16.6 Å². The Bertz CT molecular complexity index is 775. The van der Waals surface area contributed by atoms with Gasteiger partial charge in [-0.1, -0.05) is 22.0 Å². The predicted octanol–water partition coefficient (Wildman–Crippen LogP) is 3.28. The summed E-state index contributed by atoms with van der Waals surface area (Å²) in [5.41, 5.74) is 3.58. The minimum Gasteiger partial charge on any atom is -0.484 e. The molecule has 0 spiro atoms. The van der Waals surface area contributed by atoms with Gasteiger partial charge in [-0.15, -0.1) is 0 Å². The van der Waals surface area contributed by atoms with Gasteiger partial charge in [0.05, 0.1) is 10.6 Å². The number of nitrogens with zero attached hydrogens (tertiary/aromatic N) is 2. The zero-order chi connectivity index (χ0) is 17.5.